The van der Waals surface area contributed by atoms with E-state index >= 15 is 0 Å². The molecule has 3 nitrogen and oxygen atoms in total. The van der Waals surface area contributed by atoms with Gasteiger partial charge in [-0.15, -0.1) is 0 Å². The van der Waals surface area contributed by atoms with Crippen molar-refractivity contribution in [3.8, 4) is 0 Å². The van der Waals surface area contributed by atoms with Crippen molar-refractivity contribution in [2.45, 2.75) is 71.3 Å². The monoisotopic (exact) mass is 292 g/mol. The van der Waals surface area contributed by atoms with Crippen molar-refractivity contribution >= 4 is 5.91 Å². The summed E-state index contributed by atoms with van der Waals surface area (Å²) < 4.78 is 0. The van der Waals surface area contributed by atoms with Crippen molar-refractivity contribution in [2.75, 3.05) is 20.1 Å². The molecule has 120 valence electrons. The van der Waals surface area contributed by atoms with Gasteiger partial charge < -0.3 is 10.2 Å². The first-order valence-corrected chi connectivity index (χ1v) is 8.52. The van der Waals surface area contributed by atoms with Crippen molar-refractivity contribution in [1.29, 1.82) is 0 Å². The van der Waals surface area contributed by atoms with Crippen LogP contribution in [0.3, 0.4) is 0 Å². The summed E-state index contributed by atoms with van der Waals surface area (Å²) in [4.78, 5) is 14.7. The van der Waals surface area contributed by atoms with E-state index < -0.39 is 0 Å². The Labute approximate surface area is 130 Å². The molecule has 0 bridgehead atoms. The van der Waals surface area contributed by atoms with Crippen LogP contribution in [0.5, 0.6) is 0 Å². The largest absolute Gasteiger partial charge is 0.339 e. The van der Waals surface area contributed by atoms with Crippen molar-refractivity contribution < 1.29 is 4.79 Å². The van der Waals surface area contributed by atoms with Crippen LogP contribution in [0.4, 0.5) is 0 Å². The normalized spacial score (nSPS) is 22.9. The van der Waals surface area contributed by atoms with Gasteiger partial charge in [0.1, 0.15) is 0 Å². The predicted molar refractivity (Wildman–Crippen MR) is 88.2 cm³/mol. The number of hydrogen-bond donors (Lipinski definition) is 1. The van der Waals surface area contributed by atoms with Gasteiger partial charge >= 0.3 is 0 Å². The molecule has 1 aliphatic carbocycles. The molecule has 0 aromatic heterocycles. The lowest BCUT2D eigenvalue weighted by Crippen LogP contribution is -2.49. The topological polar surface area (TPSA) is 32.3 Å². The van der Waals surface area contributed by atoms with Crippen LogP contribution in [0.15, 0.2) is 11.6 Å². The summed E-state index contributed by atoms with van der Waals surface area (Å²) in [5.74, 6) is 0.329. The minimum absolute atomic E-state index is 0.0589. The third-order valence-electron chi connectivity index (χ3n) is 5.36. The number of amides is 1. The molecule has 1 aliphatic heterocycles. The quantitative estimate of drug-likeness (QED) is 0.807. The van der Waals surface area contributed by atoms with Crippen LogP contribution in [0.25, 0.3) is 0 Å². The van der Waals surface area contributed by atoms with Gasteiger partial charge in [0.2, 0.25) is 5.91 Å². The molecular formula is C18H32N2O. The molecule has 1 amide bonds. The Balaban J connectivity index is 1.94. The lowest BCUT2D eigenvalue weighted by molar-refractivity contribution is -0.132. The lowest BCUT2D eigenvalue weighted by Gasteiger charge is -2.39. The van der Waals surface area contributed by atoms with Crippen LogP contribution in [0.2, 0.25) is 0 Å². The molecule has 0 aromatic rings. The minimum Gasteiger partial charge on any atom is -0.339 e. The summed E-state index contributed by atoms with van der Waals surface area (Å²) >= 11 is 0. The van der Waals surface area contributed by atoms with Gasteiger partial charge in [0.05, 0.1) is 0 Å². The average molecular weight is 292 g/mol. The van der Waals surface area contributed by atoms with E-state index in [1.807, 2.05) is 11.9 Å². The SMILES string of the molecule is CNC1(CC(=O)N2CC=C(C(C)(C)C)CC2)CCCCC1. The van der Waals surface area contributed by atoms with E-state index in [0.29, 0.717) is 12.3 Å². The van der Waals surface area contributed by atoms with E-state index in [1.165, 1.54) is 24.8 Å². The van der Waals surface area contributed by atoms with E-state index in [2.05, 4.69) is 32.2 Å². The Morgan fingerprint density at radius 2 is 1.95 bits per heavy atom. The first-order valence-electron chi connectivity index (χ1n) is 8.52. The van der Waals surface area contributed by atoms with Crippen LogP contribution < -0.4 is 5.32 Å². The molecule has 0 aromatic carbocycles. The zero-order valence-electron chi connectivity index (χ0n) is 14.3. The molecule has 0 saturated heterocycles. The van der Waals surface area contributed by atoms with E-state index in [4.69, 9.17) is 0 Å². The first-order chi connectivity index (χ1) is 9.86. The smallest absolute Gasteiger partial charge is 0.224 e. The third kappa shape index (κ3) is 4.09. The number of rotatable bonds is 3. The molecule has 0 radical (unpaired) electrons. The zero-order chi connectivity index (χ0) is 15.5. The van der Waals surface area contributed by atoms with Gasteiger partial charge in [0.15, 0.2) is 0 Å². The van der Waals surface area contributed by atoms with Crippen LogP contribution in [0.1, 0.15) is 65.7 Å². The Morgan fingerprint density at radius 3 is 2.43 bits per heavy atom. The molecule has 1 heterocycles. The van der Waals surface area contributed by atoms with Crippen LogP contribution in [-0.2, 0) is 4.79 Å². The summed E-state index contributed by atoms with van der Waals surface area (Å²) in [6.07, 6.45) is 10.1. The van der Waals surface area contributed by atoms with Gasteiger partial charge in [0, 0.05) is 25.0 Å². The molecule has 0 unspecified atom stereocenters. The summed E-state index contributed by atoms with van der Waals surface area (Å²) in [7, 11) is 2.02. The minimum atomic E-state index is 0.0589. The number of carbonyl (C=O) groups is 1. The zero-order valence-corrected chi connectivity index (χ0v) is 14.3. The van der Waals surface area contributed by atoms with Crippen LogP contribution in [-0.4, -0.2) is 36.5 Å². The van der Waals surface area contributed by atoms with Gasteiger partial charge in [-0.2, -0.15) is 0 Å². The average Bonchev–Trinajstić information content (AvgIpc) is 2.47. The Kier molecular flexibility index (Phi) is 5.13. The highest BCUT2D eigenvalue weighted by atomic mass is 16.2. The van der Waals surface area contributed by atoms with Gasteiger partial charge in [-0.05, 0) is 31.7 Å². The predicted octanol–water partition coefficient (Wildman–Crippen LogP) is 3.50. The summed E-state index contributed by atoms with van der Waals surface area (Å²) in [5.41, 5.74) is 1.79. The molecule has 0 spiro atoms. The van der Waals surface area contributed by atoms with E-state index in [-0.39, 0.29) is 11.0 Å². The van der Waals surface area contributed by atoms with Crippen molar-refractivity contribution in [3.05, 3.63) is 11.6 Å². The van der Waals surface area contributed by atoms with Gasteiger partial charge in [-0.1, -0.05) is 51.7 Å². The van der Waals surface area contributed by atoms with Crippen LogP contribution in [0, 0.1) is 5.41 Å². The first kappa shape index (κ1) is 16.5. The number of hydrogen-bond acceptors (Lipinski definition) is 2. The van der Waals surface area contributed by atoms with Gasteiger partial charge in [-0.25, -0.2) is 0 Å². The molecule has 1 fully saturated rings. The summed E-state index contributed by atoms with van der Waals surface area (Å²) in [5, 5.41) is 3.46. The molecule has 21 heavy (non-hydrogen) atoms. The maximum absolute atomic E-state index is 12.6. The van der Waals surface area contributed by atoms with E-state index in [9.17, 15) is 4.79 Å². The van der Waals surface area contributed by atoms with Crippen molar-refractivity contribution in [1.82, 2.24) is 10.2 Å². The molecule has 1 saturated carbocycles. The highest BCUT2D eigenvalue weighted by Crippen LogP contribution is 2.33. The summed E-state index contributed by atoms with van der Waals surface area (Å²) in [6, 6.07) is 0. The van der Waals surface area contributed by atoms with Crippen molar-refractivity contribution in [2.24, 2.45) is 5.41 Å². The highest BCUT2D eigenvalue weighted by Gasteiger charge is 2.34. The maximum Gasteiger partial charge on any atom is 0.224 e. The Morgan fingerprint density at radius 1 is 1.29 bits per heavy atom. The number of carbonyl (C=O) groups excluding carboxylic acids is 1. The second-order valence-electron chi connectivity index (χ2n) is 7.84. The molecule has 0 atom stereocenters. The molecule has 1 N–H and O–H groups in total. The third-order valence-corrected chi connectivity index (χ3v) is 5.36. The molecular weight excluding hydrogens is 260 g/mol. The van der Waals surface area contributed by atoms with Gasteiger partial charge in [0.25, 0.3) is 0 Å². The Bertz CT molecular complexity index is 400. The van der Waals surface area contributed by atoms with E-state index in [1.54, 1.807) is 0 Å². The standard InChI is InChI=1S/C18H32N2O/c1-17(2,3)15-8-12-20(13-9-15)16(21)14-18(19-4)10-6-5-7-11-18/h8,19H,5-7,9-14H2,1-4H3. The Hall–Kier alpha value is -0.830. The number of nitrogens with zero attached hydrogens (tertiary/aromatic N) is 1. The highest BCUT2D eigenvalue weighted by molar-refractivity contribution is 5.78. The van der Waals surface area contributed by atoms with Crippen molar-refractivity contribution in [3.63, 3.8) is 0 Å². The van der Waals surface area contributed by atoms with Crippen LogP contribution >= 0.6 is 0 Å². The lowest BCUT2D eigenvalue weighted by atomic mass is 9.78. The van der Waals surface area contributed by atoms with Gasteiger partial charge in [-0.3, -0.25) is 4.79 Å². The molecule has 2 aliphatic rings. The number of nitrogens with one attached hydrogen (secondary N) is 1. The molecule has 2 rings (SSSR count). The maximum atomic E-state index is 12.6. The van der Waals surface area contributed by atoms with E-state index in [0.717, 1.165) is 32.4 Å². The fourth-order valence-electron chi connectivity index (χ4n) is 3.72. The second kappa shape index (κ2) is 6.51. The fraction of sp³-hybridized carbons (Fsp3) is 0.833. The molecule has 3 heteroatoms. The second-order valence-corrected chi connectivity index (χ2v) is 7.84. The summed E-state index contributed by atoms with van der Waals surface area (Å²) in [6.45, 7) is 8.46. The fourth-order valence-corrected chi connectivity index (χ4v) is 3.72.